The molecule has 1 unspecified atom stereocenters. The van der Waals surface area contributed by atoms with Crippen LogP contribution in [-0.2, 0) is 20.9 Å². The number of ether oxygens (including phenoxy) is 5. The molecule has 3 aromatic rings. The summed E-state index contributed by atoms with van der Waals surface area (Å²) in [5.74, 6) is 2.20. The summed E-state index contributed by atoms with van der Waals surface area (Å²) in [5.41, 5.74) is 0.490. The second-order valence-electron chi connectivity index (χ2n) is 9.64. The van der Waals surface area contributed by atoms with Gasteiger partial charge in [-0.1, -0.05) is 0 Å². The molecule has 1 aromatic carbocycles. The highest BCUT2D eigenvalue weighted by Crippen LogP contribution is 2.24. The number of nitrogens with one attached hydrogen (secondary N) is 1. The Morgan fingerprint density at radius 1 is 1.05 bits per heavy atom. The maximum absolute atomic E-state index is 13.0. The van der Waals surface area contributed by atoms with Gasteiger partial charge in [-0.2, -0.15) is 5.10 Å². The number of aromatic nitrogens is 3. The molecule has 12 heteroatoms. The molecule has 2 aromatic heterocycles. The zero-order chi connectivity index (χ0) is 27.9. The number of rotatable bonds is 10. The molecule has 12 nitrogen and oxygen atoms in total. The summed E-state index contributed by atoms with van der Waals surface area (Å²) in [6.07, 6.45) is 5.86. The molecule has 2 saturated heterocycles. The Morgan fingerprint density at radius 3 is 2.65 bits per heavy atom. The average molecular weight is 552 g/mol. The fourth-order valence-electron chi connectivity index (χ4n) is 4.72. The van der Waals surface area contributed by atoms with Crippen LogP contribution in [0.1, 0.15) is 19.3 Å². The molecule has 0 radical (unpaired) electrons. The van der Waals surface area contributed by atoms with Crippen molar-refractivity contribution in [1.29, 1.82) is 0 Å². The minimum Gasteiger partial charge on any atom is -0.497 e. The molecule has 3 atom stereocenters. The van der Waals surface area contributed by atoms with Gasteiger partial charge in [-0.3, -0.25) is 14.3 Å². The van der Waals surface area contributed by atoms with Gasteiger partial charge in [-0.05, 0) is 43.2 Å². The normalized spacial score (nSPS) is 20.6. The summed E-state index contributed by atoms with van der Waals surface area (Å²) in [4.78, 5) is 31.6. The highest BCUT2D eigenvalue weighted by molar-refractivity contribution is 5.94. The fourth-order valence-corrected chi connectivity index (χ4v) is 4.72. The third-order valence-electron chi connectivity index (χ3n) is 6.76. The average Bonchev–Trinajstić information content (AvgIpc) is 3.63. The van der Waals surface area contributed by atoms with Crippen LogP contribution in [0.3, 0.4) is 0 Å². The first-order valence-corrected chi connectivity index (χ1v) is 13.2. The van der Waals surface area contributed by atoms with Crippen molar-refractivity contribution in [3.63, 3.8) is 0 Å². The van der Waals surface area contributed by atoms with Crippen molar-refractivity contribution in [3.8, 4) is 23.1 Å². The van der Waals surface area contributed by atoms with Gasteiger partial charge in [0.2, 0.25) is 11.8 Å². The van der Waals surface area contributed by atoms with Crippen LogP contribution in [0, 0.1) is 0 Å². The number of piperidine rings is 1. The topological polar surface area (TPSA) is 126 Å². The van der Waals surface area contributed by atoms with E-state index in [1.165, 1.54) is 18.0 Å². The van der Waals surface area contributed by atoms with Gasteiger partial charge in [0.05, 0.1) is 39.3 Å². The molecule has 0 bridgehead atoms. The number of carbonyl (C=O) groups is 2. The van der Waals surface area contributed by atoms with Gasteiger partial charge in [-0.25, -0.2) is 4.98 Å². The largest absolute Gasteiger partial charge is 0.497 e. The number of amides is 2. The number of likely N-dealkylation sites (tertiary alicyclic amines) is 1. The quantitative estimate of drug-likeness (QED) is 0.405. The van der Waals surface area contributed by atoms with Gasteiger partial charge in [0.25, 0.3) is 5.91 Å². The van der Waals surface area contributed by atoms with E-state index < -0.39 is 6.10 Å². The van der Waals surface area contributed by atoms with Crippen LogP contribution in [0.4, 0.5) is 5.69 Å². The van der Waals surface area contributed by atoms with E-state index in [-0.39, 0.29) is 37.2 Å². The number of methoxy groups -OCH3 is 2. The number of benzene rings is 1. The molecule has 0 spiro atoms. The lowest BCUT2D eigenvalue weighted by atomic mass is 10.1. The molecule has 0 aliphatic carbocycles. The van der Waals surface area contributed by atoms with Crippen LogP contribution in [-0.4, -0.2) is 83.7 Å². The van der Waals surface area contributed by atoms with Gasteiger partial charge in [0.1, 0.15) is 42.1 Å². The number of carbonyl (C=O) groups excluding carboxylic acids is 2. The molecular formula is C28H33N5O7. The first-order valence-electron chi connectivity index (χ1n) is 13.2. The van der Waals surface area contributed by atoms with Crippen LogP contribution < -0.4 is 24.3 Å². The lowest BCUT2D eigenvalue weighted by Crippen LogP contribution is -2.45. The van der Waals surface area contributed by atoms with Crippen molar-refractivity contribution in [2.24, 2.45) is 0 Å². The number of anilines is 1. The van der Waals surface area contributed by atoms with Crippen molar-refractivity contribution in [1.82, 2.24) is 19.7 Å². The smallest absolute Gasteiger partial charge is 0.253 e. The second kappa shape index (κ2) is 12.7. The summed E-state index contributed by atoms with van der Waals surface area (Å²) in [5, 5.41) is 7.06. The lowest BCUT2D eigenvalue weighted by Gasteiger charge is -2.33. The summed E-state index contributed by atoms with van der Waals surface area (Å²) in [7, 11) is 3.15. The van der Waals surface area contributed by atoms with Gasteiger partial charge in [0, 0.05) is 31.4 Å². The van der Waals surface area contributed by atoms with E-state index in [0.717, 1.165) is 24.3 Å². The van der Waals surface area contributed by atoms with E-state index in [2.05, 4.69) is 15.4 Å². The number of pyridine rings is 1. The van der Waals surface area contributed by atoms with E-state index in [4.69, 9.17) is 23.7 Å². The predicted molar refractivity (Wildman–Crippen MR) is 144 cm³/mol. The summed E-state index contributed by atoms with van der Waals surface area (Å²) >= 11 is 0. The Labute approximate surface area is 232 Å². The molecule has 0 saturated carbocycles. The molecule has 2 aliphatic heterocycles. The van der Waals surface area contributed by atoms with Crippen LogP contribution in [0.25, 0.3) is 0 Å². The maximum Gasteiger partial charge on any atom is 0.253 e. The Kier molecular flexibility index (Phi) is 8.65. The van der Waals surface area contributed by atoms with Crippen LogP contribution in [0.15, 0.2) is 55.0 Å². The monoisotopic (exact) mass is 551 g/mol. The molecule has 4 heterocycles. The SMILES string of the molecule is COc1ccc(OC2CCCN(C(=O)Cn3cc(NC(=O)[C@H]4C[C@H](Oc5ccnc(OC)c5)CO4)cn3)C2)cc1. The van der Waals surface area contributed by atoms with E-state index in [9.17, 15) is 9.59 Å². The molecule has 1 N–H and O–H groups in total. The molecule has 40 heavy (non-hydrogen) atoms. The number of hydrogen-bond donors (Lipinski definition) is 1. The zero-order valence-corrected chi connectivity index (χ0v) is 22.5. The Balaban J connectivity index is 1.08. The third-order valence-corrected chi connectivity index (χ3v) is 6.76. The molecule has 2 fully saturated rings. The molecule has 2 amide bonds. The van der Waals surface area contributed by atoms with Crippen LogP contribution >= 0.6 is 0 Å². The fraction of sp³-hybridized carbons (Fsp3) is 0.429. The highest BCUT2D eigenvalue weighted by atomic mass is 16.6. The van der Waals surface area contributed by atoms with Crippen LogP contribution in [0.2, 0.25) is 0 Å². The van der Waals surface area contributed by atoms with Crippen molar-refractivity contribution < 1.29 is 33.3 Å². The molecule has 2 aliphatic rings. The molecule has 5 rings (SSSR count). The van der Waals surface area contributed by atoms with Gasteiger partial charge in [0.15, 0.2) is 0 Å². The summed E-state index contributed by atoms with van der Waals surface area (Å²) < 4.78 is 29.5. The zero-order valence-electron chi connectivity index (χ0n) is 22.5. The number of nitrogens with zero attached hydrogens (tertiary/aromatic N) is 4. The van der Waals surface area contributed by atoms with Crippen molar-refractivity contribution >= 4 is 17.5 Å². The lowest BCUT2D eigenvalue weighted by molar-refractivity contribution is -0.134. The standard InChI is InChI=1S/C28H33N5O7/c1-36-20-5-7-21(8-6-20)39-23-4-3-11-32(16-23)27(34)17-33-15-19(14-30-33)31-28(35)25-12-24(18-38-25)40-22-9-10-29-26(13-22)37-2/h5-10,13-15,23-25H,3-4,11-12,16-18H2,1-2H3,(H,31,35)/t23?,24-,25+/m0/s1. The molecule has 212 valence electrons. The first-order chi connectivity index (χ1) is 19.5. The molecular weight excluding hydrogens is 518 g/mol. The predicted octanol–water partition coefficient (Wildman–Crippen LogP) is 2.54. The Morgan fingerprint density at radius 2 is 1.85 bits per heavy atom. The van der Waals surface area contributed by atoms with Crippen molar-refractivity contribution in [2.75, 3.05) is 39.2 Å². The first kappa shape index (κ1) is 27.3. The van der Waals surface area contributed by atoms with Crippen LogP contribution in [0.5, 0.6) is 23.1 Å². The van der Waals surface area contributed by atoms with Crippen molar-refractivity contribution in [2.45, 2.75) is 44.1 Å². The maximum atomic E-state index is 13.0. The Bertz CT molecular complexity index is 1300. The summed E-state index contributed by atoms with van der Waals surface area (Å²) in [6, 6.07) is 10.8. The van der Waals surface area contributed by atoms with Gasteiger partial charge in [-0.15, -0.1) is 0 Å². The van der Waals surface area contributed by atoms with E-state index in [1.54, 1.807) is 36.5 Å². The van der Waals surface area contributed by atoms with Gasteiger partial charge >= 0.3 is 0 Å². The van der Waals surface area contributed by atoms with Crippen molar-refractivity contribution in [3.05, 3.63) is 55.0 Å². The number of hydrogen-bond acceptors (Lipinski definition) is 9. The van der Waals surface area contributed by atoms with E-state index in [1.807, 2.05) is 24.3 Å². The van der Waals surface area contributed by atoms with E-state index in [0.29, 0.717) is 36.8 Å². The third kappa shape index (κ3) is 7.00. The minimum absolute atomic E-state index is 0.0594. The van der Waals surface area contributed by atoms with E-state index >= 15 is 0 Å². The summed E-state index contributed by atoms with van der Waals surface area (Å²) in [6.45, 7) is 1.52. The second-order valence-corrected chi connectivity index (χ2v) is 9.64. The highest BCUT2D eigenvalue weighted by Gasteiger charge is 2.33. The minimum atomic E-state index is -0.658. The Hall–Kier alpha value is -4.32. The van der Waals surface area contributed by atoms with Gasteiger partial charge < -0.3 is 33.9 Å².